The molecule has 31 heavy (non-hydrogen) atoms. The van der Waals surface area contributed by atoms with Gasteiger partial charge in [-0.3, -0.25) is 4.90 Å². The average Bonchev–Trinajstić information content (AvgIpc) is 2.65. The fourth-order valence-corrected chi connectivity index (χ4v) is 4.18. The van der Waals surface area contributed by atoms with E-state index in [0.717, 1.165) is 0 Å². The number of alkyl halides is 2. The molecule has 0 aromatic heterocycles. The Morgan fingerprint density at radius 2 is 1.77 bits per heavy atom. The van der Waals surface area contributed by atoms with E-state index < -0.39 is 47.7 Å². The first kappa shape index (κ1) is 23.7. The molecule has 0 bridgehead atoms. The number of halogens is 3. The van der Waals surface area contributed by atoms with Gasteiger partial charge in [-0.15, -0.1) is 0 Å². The van der Waals surface area contributed by atoms with Crippen molar-refractivity contribution >= 4 is 6.09 Å². The Hall–Kier alpha value is -2.00. The molecule has 2 fully saturated rings. The van der Waals surface area contributed by atoms with Crippen molar-refractivity contribution in [2.24, 2.45) is 0 Å². The zero-order valence-corrected chi connectivity index (χ0v) is 18.1. The second kappa shape index (κ2) is 9.24. The first-order chi connectivity index (χ1) is 14.4. The molecule has 1 amide bonds. The number of alkyl carbamates (subject to hydrolysis) is 1. The van der Waals surface area contributed by atoms with Crippen molar-refractivity contribution in [2.75, 3.05) is 13.1 Å². The zero-order valence-electron chi connectivity index (χ0n) is 18.1. The summed E-state index contributed by atoms with van der Waals surface area (Å²) in [5, 5.41) is 13.8. The van der Waals surface area contributed by atoms with Gasteiger partial charge in [-0.1, -0.05) is 0 Å². The standard InChI is InChI=1S/C22H31F3N2O4/c1-21(2,3)31-20(29)26-16-8-9-17(30-15-6-4-14(23)5-7-15)18(19(16)28)27-12-10-22(24,25)11-13-27/h4-7,16-19,28H,8-13H2,1-3H3,(H,26,29)/t16-,17-,18-,19-/m0/s1. The molecule has 1 saturated carbocycles. The van der Waals surface area contributed by atoms with Gasteiger partial charge in [-0.25, -0.2) is 18.0 Å². The smallest absolute Gasteiger partial charge is 0.407 e. The Labute approximate surface area is 180 Å². The molecule has 6 nitrogen and oxygen atoms in total. The minimum atomic E-state index is -2.72. The van der Waals surface area contributed by atoms with E-state index in [4.69, 9.17) is 9.47 Å². The number of carbonyl (C=O) groups excluding carboxylic acids is 1. The van der Waals surface area contributed by atoms with Crippen LogP contribution < -0.4 is 10.1 Å². The lowest BCUT2D eigenvalue weighted by molar-refractivity contribution is -0.108. The Kier molecular flexibility index (Phi) is 7.05. The van der Waals surface area contributed by atoms with Gasteiger partial charge in [0, 0.05) is 25.9 Å². The van der Waals surface area contributed by atoms with E-state index in [2.05, 4.69) is 5.32 Å². The van der Waals surface area contributed by atoms with Gasteiger partial charge in [0.1, 0.15) is 23.3 Å². The van der Waals surface area contributed by atoms with Crippen molar-refractivity contribution in [3.8, 4) is 5.75 Å². The average molecular weight is 444 g/mol. The molecular formula is C22H31F3N2O4. The molecule has 4 atom stereocenters. The third kappa shape index (κ3) is 6.49. The Morgan fingerprint density at radius 1 is 1.16 bits per heavy atom. The van der Waals surface area contributed by atoms with Gasteiger partial charge < -0.3 is 19.9 Å². The van der Waals surface area contributed by atoms with Crippen LogP contribution in [0.3, 0.4) is 0 Å². The largest absolute Gasteiger partial charge is 0.489 e. The number of hydrogen-bond donors (Lipinski definition) is 2. The number of ether oxygens (including phenoxy) is 2. The lowest BCUT2D eigenvalue weighted by atomic mass is 9.83. The van der Waals surface area contributed by atoms with Gasteiger partial charge in [0.25, 0.3) is 5.92 Å². The maximum atomic E-state index is 13.7. The zero-order chi connectivity index (χ0) is 22.8. The van der Waals surface area contributed by atoms with Crippen LogP contribution in [0.5, 0.6) is 5.75 Å². The van der Waals surface area contributed by atoms with Crippen LogP contribution in [0.2, 0.25) is 0 Å². The second-order valence-corrected chi connectivity index (χ2v) is 9.31. The SMILES string of the molecule is CC(C)(C)OC(=O)N[C@H]1CC[C@H](Oc2ccc(F)cc2)[C@H](N2CCC(F)(F)CC2)[C@H]1O. The summed E-state index contributed by atoms with van der Waals surface area (Å²) < 4.78 is 52.0. The van der Waals surface area contributed by atoms with E-state index in [-0.39, 0.29) is 25.9 Å². The summed E-state index contributed by atoms with van der Waals surface area (Å²) in [6.45, 7) is 5.45. The minimum absolute atomic E-state index is 0.108. The van der Waals surface area contributed by atoms with Crippen LogP contribution in [0.25, 0.3) is 0 Å². The van der Waals surface area contributed by atoms with E-state index in [1.54, 1.807) is 25.7 Å². The summed E-state index contributed by atoms with van der Waals surface area (Å²) >= 11 is 0. The van der Waals surface area contributed by atoms with Crippen LogP contribution in [0.15, 0.2) is 24.3 Å². The number of aliphatic hydroxyl groups excluding tert-OH is 1. The highest BCUT2D eigenvalue weighted by Crippen LogP contribution is 2.34. The molecule has 174 valence electrons. The highest BCUT2D eigenvalue weighted by molar-refractivity contribution is 5.68. The lowest BCUT2D eigenvalue weighted by Crippen LogP contribution is -2.64. The van der Waals surface area contributed by atoms with E-state index in [0.29, 0.717) is 18.6 Å². The molecule has 9 heteroatoms. The molecule has 3 rings (SSSR count). The first-order valence-electron chi connectivity index (χ1n) is 10.7. The normalized spacial score (nSPS) is 29.3. The van der Waals surface area contributed by atoms with Gasteiger partial charge in [0.2, 0.25) is 0 Å². The lowest BCUT2D eigenvalue weighted by Gasteiger charge is -2.47. The minimum Gasteiger partial charge on any atom is -0.489 e. The third-order valence-corrected chi connectivity index (χ3v) is 5.66. The van der Waals surface area contributed by atoms with Crippen LogP contribution in [-0.4, -0.2) is 65.0 Å². The van der Waals surface area contributed by atoms with Crippen molar-refractivity contribution in [3.63, 3.8) is 0 Å². The monoisotopic (exact) mass is 444 g/mol. The molecular weight excluding hydrogens is 413 g/mol. The van der Waals surface area contributed by atoms with Crippen LogP contribution >= 0.6 is 0 Å². The van der Waals surface area contributed by atoms with Crippen molar-refractivity contribution in [3.05, 3.63) is 30.1 Å². The van der Waals surface area contributed by atoms with Crippen LogP contribution in [0.4, 0.5) is 18.0 Å². The number of carbonyl (C=O) groups is 1. The predicted molar refractivity (Wildman–Crippen MR) is 109 cm³/mol. The third-order valence-electron chi connectivity index (χ3n) is 5.66. The topological polar surface area (TPSA) is 71.0 Å². The summed E-state index contributed by atoms with van der Waals surface area (Å²) in [7, 11) is 0. The number of hydrogen-bond acceptors (Lipinski definition) is 5. The molecule has 0 unspecified atom stereocenters. The number of benzene rings is 1. The summed E-state index contributed by atoms with van der Waals surface area (Å²) in [5.74, 6) is -2.69. The van der Waals surface area contributed by atoms with E-state index in [1.807, 2.05) is 0 Å². The summed E-state index contributed by atoms with van der Waals surface area (Å²) in [4.78, 5) is 14.0. The maximum Gasteiger partial charge on any atom is 0.407 e. The number of likely N-dealkylation sites (tertiary alicyclic amines) is 1. The van der Waals surface area contributed by atoms with Gasteiger partial charge in [0.15, 0.2) is 0 Å². The van der Waals surface area contributed by atoms with Gasteiger partial charge in [0.05, 0.1) is 18.2 Å². The van der Waals surface area contributed by atoms with Crippen LogP contribution in [0.1, 0.15) is 46.5 Å². The highest BCUT2D eigenvalue weighted by atomic mass is 19.3. The Morgan fingerprint density at radius 3 is 2.35 bits per heavy atom. The van der Waals surface area contributed by atoms with Crippen molar-refractivity contribution in [1.29, 1.82) is 0 Å². The molecule has 2 aliphatic rings. The molecule has 1 aromatic carbocycles. The fraction of sp³-hybridized carbons (Fsp3) is 0.682. The first-order valence-corrected chi connectivity index (χ1v) is 10.7. The molecule has 1 saturated heterocycles. The number of rotatable bonds is 4. The summed E-state index contributed by atoms with van der Waals surface area (Å²) in [6.07, 6.45) is -1.88. The van der Waals surface area contributed by atoms with E-state index in [9.17, 15) is 23.1 Å². The fourth-order valence-electron chi connectivity index (χ4n) is 4.18. The van der Waals surface area contributed by atoms with Crippen molar-refractivity contribution in [2.45, 2.75) is 82.3 Å². The van der Waals surface area contributed by atoms with Gasteiger partial charge >= 0.3 is 6.09 Å². The summed E-state index contributed by atoms with van der Waals surface area (Å²) in [6, 6.07) is 4.34. The van der Waals surface area contributed by atoms with Crippen LogP contribution in [-0.2, 0) is 4.74 Å². The molecule has 0 radical (unpaired) electrons. The van der Waals surface area contributed by atoms with Crippen LogP contribution in [0, 0.1) is 5.82 Å². The van der Waals surface area contributed by atoms with Crippen molar-refractivity contribution in [1.82, 2.24) is 10.2 Å². The Balaban J connectivity index is 1.75. The number of aliphatic hydroxyl groups is 1. The molecule has 1 aromatic rings. The number of piperidine rings is 1. The van der Waals surface area contributed by atoms with Gasteiger partial charge in [-0.2, -0.15) is 0 Å². The molecule has 1 heterocycles. The molecule has 1 aliphatic carbocycles. The quantitative estimate of drug-likeness (QED) is 0.741. The highest BCUT2D eigenvalue weighted by Gasteiger charge is 2.46. The predicted octanol–water partition coefficient (Wildman–Crippen LogP) is 3.72. The van der Waals surface area contributed by atoms with E-state index >= 15 is 0 Å². The van der Waals surface area contributed by atoms with Gasteiger partial charge in [-0.05, 0) is 57.9 Å². The Bertz CT molecular complexity index is 744. The molecule has 0 spiro atoms. The summed E-state index contributed by atoms with van der Waals surface area (Å²) in [5.41, 5.74) is -0.685. The van der Waals surface area contributed by atoms with Crippen molar-refractivity contribution < 1.29 is 32.5 Å². The number of amides is 1. The molecule has 2 N–H and O–H groups in total. The molecule has 1 aliphatic heterocycles. The number of nitrogens with zero attached hydrogens (tertiary/aromatic N) is 1. The second-order valence-electron chi connectivity index (χ2n) is 9.31. The van der Waals surface area contributed by atoms with E-state index in [1.165, 1.54) is 24.3 Å². The maximum absolute atomic E-state index is 13.7. The number of nitrogens with one attached hydrogen (secondary N) is 1.